The van der Waals surface area contributed by atoms with Gasteiger partial charge in [0.2, 0.25) is 0 Å². The van der Waals surface area contributed by atoms with Gasteiger partial charge in [0.05, 0.1) is 6.10 Å². The summed E-state index contributed by atoms with van der Waals surface area (Å²) < 4.78 is 55.8. The molecule has 1 fully saturated rings. The third-order valence-electron chi connectivity index (χ3n) is 4.29. The van der Waals surface area contributed by atoms with Crippen LogP contribution < -0.4 is 11.2 Å². The van der Waals surface area contributed by atoms with Crippen LogP contribution in [-0.2, 0) is 25.2 Å². The van der Waals surface area contributed by atoms with Crippen molar-refractivity contribution in [2.75, 3.05) is 13.2 Å². The van der Waals surface area contributed by atoms with Crippen LogP contribution in [0.5, 0.6) is 0 Å². The number of nitrogens with zero attached hydrogens (tertiary/aromatic N) is 1. The van der Waals surface area contributed by atoms with Gasteiger partial charge in [-0.3, -0.25) is 19.1 Å². The lowest BCUT2D eigenvalue weighted by Crippen LogP contribution is -2.36. The lowest BCUT2D eigenvalue weighted by atomic mass is 10.2. The molecule has 1 saturated heterocycles. The number of carbonyl (C=O) groups is 1. The van der Waals surface area contributed by atoms with Gasteiger partial charge in [-0.2, -0.15) is 13.2 Å². The van der Waals surface area contributed by atoms with E-state index < -0.39 is 47.4 Å². The van der Waals surface area contributed by atoms with Crippen molar-refractivity contribution >= 4 is 5.97 Å². The van der Waals surface area contributed by atoms with Gasteiger partial charge in [-0.1, -0.05) is 19.3 Å². The van der Waals surface area contributed by atoms with Crippen LogP contribution in [0.4, 0.5) is 13.2 Å². The SMILES string of the molecule is C#CCO[C@H]1C[C@H](n2cc(C(F)(F)F)c(=O)[nH]c2=O)O[C@@H]1COC(=O)CCCC. The van der Waals surface area contributed by atoms with E-state index in [1.807, 2.05) is 6.92 Å². The number of halogens is 3. The molecule has 0 spiro atoms. The molecule has 0 saturated carbocycles. The van der Waals surface area contributed by atoms with Crippen molar-refractivity contribution in [3.63, 3.8) is 0 Å². The number of carbonyl (C=O) groups excluding carboxylic acids is 1. The van der Waals surface area contributed by atoms with E-state index in [1.54, 1.807) is 4.98 Å². The third-order valence-corrected chi connectivity index (χ3v) is 4.29. The van der Waals surface area contributed by atoms with E-state index in [1.165, 1.54) is 0 Å². The number of hydrogen-bond acceptors (Lipinski definition) is 6. The number of terminal acetylenes is 1. The Morgan fingerprint density at radius 2 is 2.17 bits per heavy atom. The first-order valence-corrected chi connectivity index (χ1v) is 8.96. The van der Waals surface area contributed by atoms with Gasteiger partial charge >= 0.3 is 17.8 Å². The first kappa shape index (κ1) is 22.7. The molecule has 8 nitrogen and oxygen atoms in total. The topological polar surface area (TPSA) is 99.6 Å². The standard InChI is InChI=1S/C18H21F3N2O6/c1-3-5-6-15(24)28-10-13-12(27-7-4-2)8-14(29-13)23-9-11(18(19,20)21)16(25)22-17(23)26/h2,9,12-14H,3,5-8,10H2,1H3,(H,22,25,26)/t12-,13+,14+/m0/s1. The summed E-state index contributed by atoms with van der Waals surface area (Å²) in [7, 11) is 0. The van der Waals surface area contributed by atoms with Crippen molar-refractivity contribution in [2.45, 2.75) is 57.2 Å². The average molecular weight is 418 g/mol. The molecule has 0 unspecified atom stereocenters. The zero-order chi connectivity index (χ0) is 21.6. The van der Waals surface area contributed by atoms with Crippen LogP contribution in [0.2, 0.25) is 0 Å². The molecule has 0 amide bonds. The van der Waals surface area contributed by atoms with E-state index in [4.69, 9.17) is 20.6 Å². The Morgan fingerprint density at radius 3 is 2.79 bits per heavy atom. The fourth-order valence-electron chi connectivity index (χ4n) is 2.82. The fraction of sp³-hybridized carbons (Fsp3) is 0.611. The average Bonchev–Trinajstić information content (AvgIpc) is 3.04. The molecular weight excluding hydrogens is 397 g/mol. The van der Waals surface area contributed by atoms with E-state index in [0.29, 0.717) is 17.2 Å². The first-order valence-electron chi connectivity index (χ1n) is 8.96. The molecule has 11 heteroatoms. The maximum Gasteiger partial charge on any atom is 0.423 e. The lowest BCUT2D eigenvalue weighted by molar-refractivity contribution is -0.151. The van der Waals surface area contributed by atoms with Gasteiger partial charge in [-0.25, -0.2) is 4.79 Å². The van der Waals surface area contributed by atoms with E-state index in [0.717, 1.165) is 6.42 Å². The van der Waals surface area contributed by atoms with Crippen LogP contribution in [-0.4, -0.2) is 40.9 Å². The number of esters is 1. The molecule has 1 aromatic heterocycles. The van der Waals surface area contributed by atoms with Crippen molar-refractivity contribution in [3.05, 3.63) is 32.6 Å². The predicted molar refractivity (Wildman–Crippen MR) is 93.9 cm³/mol. The molecule has 2 rings (SSSR count). The highest BCUT2D eigenvalue weighted by atomic mass is 19.4. The van der Waals surface area contributed by atoms with Crippen LogP contribution in [0.15, 0.2) is 15.8 Å². The van der Waals surface area contributed by atoms with E-state index in [-0.39, 0.29) is 26.1 Å². The summed E-state index contributed by atoms with van der Waals surface area (Å²) in [6.45, 7) is 1.60. The third kappa shape index (κ3) is 5.95. The molecule has 160 valence electrons. The molecule has 1 N–H and O–H groups in total. The Morgan fingerprint density at radius 1 is 1.45 bits per heavy atom. The van der Waals surface area contributed by atoms with Crippen LogP contribution in [0.3, 0.4) is 0 Å². The van der Waals surface area contributed by atoms with Gasteiger partial charge in [0, 0.05) is 19.0 Å². The molecule has 0 aromatic carbocycles. The fourth-order valence-corrected chi connectivity index (χ4v) is 2.82. The number of aromatic amines is 1. The summed E-state index contributed by atoms with van der Waals surface area (Å²) in [5, 5.41) is 0. The van der Waals surface area contributed by atoms with Gasteiger partial charge in [-0.05, 0) is 6.42 Å². The molecule has 0 aliphatic carbocycles. The number of rotatable bonds is 8. The highest BCUT2D eigenvalue weighted by molar-refractivity contribution is 5.69. The van der Waals surface area contributed by atoms with Crippen LogP contribution in [0, 0.1) is 12.3 Å². The second kappa shape index (κ2) is 9.76. The molecule has 1 aliphatic heterocycles. The quantitative estimate of drug-likeness (QED) is 0.509. The highest BCUT2D eigenvalue weighted by Gasteiger charge is 2.40. The van der Waals surface area contributed by atoms with Gasteiger partial charge in [0.1, 0.15) is 31.1 Å². The Hall–Kier alpha value is -2.58. The number of unbranched alkanes of at least 4 members (excludes halogenated alkanes) is 1. The Balaban J connectivity index is 2.20. The molecular formula is C18H21F3N2O6. The van der Waals surface area contributed by atoms with E-state index >= 15 is 0 Å². The Bertz CT molecular complexity index is 870. The molecule has 1 aliphatic rings. The van der Waals surface area contributed by atoms with Gasteiger partial charge in [-0.15, -0.1) is 6.42 Å². The van der Waals surface area contributed by atoms with Crippen molar-refractivity contribution in [3.8, 4) is 12.3 Å². The molecule has 0 radical (unpaired) electrons. The second-order valence-corrected chi connectivity index (χ2v) is 6.41. The monoisotopic (exact) mass is 418 g/mol. The molecule has 2 heterocycles. The lowest BCUT2D eigenvalue weighted by Gasteiger charge is -2.18. The molecule has 3 atom stereocenters. The molecule has 0 bridgehead atoms. The van der Waals surface area contributed by atoms with Crippen molar-refractivity contribution in [1.29, 1.82) is 0 Å². The van der Waals surface area contributed by atoms with Gasteiger partial charge in [0.25, 0.3) is 5.56 Å². The van der Waals surface area contributed by atoms with Crippen molar-refractivity contribution in [1.82, 2.24) is 9.55 Å². The van der Waals surface area contributed by atoms with Gasteiger partial charge < -0.3 is 14.2 Å². The second-order valence-electron chi connectivity index (χ2n) is 6.41. The van der Waals surface area contributed by atoms with Crippen LogP contribution in [0.1, 0.15) is 44.4 Å². The van der Waals surface area contributed by atoms with Crippen molar-refractivity contribution < 1.29 is 32.2 Å². The van der Waals surface area contributed by atoms with E-state index in [2.05, 4.69) is 5.92 Å². The zero-order valence-corrected chi connectivity index (χ0v) is 15.7. The Kier molecular flexibility index (Phi) is 7.64. The summed E-state index contributed by atoms with van der Waals surface area (Å²) in [4.78, 5) is 36.8. The number of ether oxygens (including phenoxy) is 3. The molecule has 29 heavy (non-hydrogen) atoms. The largest absolute Gasteiger partial charge is 0.463 e. The predicted octanol–water partition coefficient (Wildman–Crippen LogP) is 1.59. The van der Waals surface area contributed by atoms with Gasteiger partial charge in [0.15, 0.2) is 0 Å². The highest BCUT2D eigenvalue weighted by Crippen LogP contribution is 2.32. The maximum atomic E-state index is 13.0. The Labute approximate surface area is 164 Å². The van der Waals surface area contributed by atoms with Crippen molar-refractivity contribution in [2.24, 2.45) is 0 Å². The summed E-state index contributed by atoms with van der Waals surface area (Å²) in [5.41, 5.74) is -4.14. The minimum Gasteiger partial charge on any atom is -0.463 e. The minimum absolute atomic E-state index is 0.0257. The first-order chi connectivity index (χ1) is 13.7. The number of hydrogen-bond donors (Lipinski definition) is 1. The van der Waals surface area contributed by atoms with Crippen LogP contribution in [0.25, 0.3) is 0 Å². The smallest absolute Gasteiger partial charge is 0.423 e. The number of H-pyrrole nitrogens is 1. The maximum absolute atomic E-state index is 13.0. The van der Waals surface area contributed by atoms with Crippen LogP contribution >= 0.6 is 0 Å². The summed E-state index contributed by atoms with van der Waals surface area (Å²) in [6.07, 6.45) is -0.458. The summed E-state index contributed by atoms with van der Waals surface area (Å²) >= 11 is 0. The molecule has 1 aromatic rings. The number of aromatic nitrogens is 2. The summed E-state index contributed by atoms with van der Waals surface area (Å²) in [5.74, 6) is 1.81. The summed E-state index contributed by atoms with van der Waals surface area (Å²) in [6, 6.07) is 0. The number of nitrogens with one attached hydrogen (secondary N) is 1. The zero-order valence-electron chi connectivity index (χ0n) is 15.7. The number of alkyl halides is 3. The normalized spacial score (nSPS) is 21.7. The van der Waals surface area contributed by atoms with E-state index in [9.17, 15) is 27.6 Å². The minimum atomic E-state index is -4.95.